The molecule has 0 saturated carbocycles. The standard InChI is InChI=1S/C29H29F3N8OS/c30-29(31,32)28-37-36-24-5-4-17-15-38(9-7-23(17)40(24)28)16-18-14-22-25(42-18)27(39-10-12-41-13-11-39)35-26(34-22)20-2-1-3-21-19(20)6-8-33-21/h1-3,6,8,14,17,23,33H,4-5,7,9-13,15-16H2/t17-,23+/m1/s1. The van der Waals surface area contributed by atoms with Crippen LogP contribution in [-0.4, -0.2) is 74.0 Å². The second-order valence-electron chi connectivity index (χ2n) is 11.3. The fourth-order valence-electron chi connectivity index (χ4n) is 6.87. The SMILES string of the molecule is FC(F)(F)c1nnc2n1[C@H]1CCN(Cc3cc4nc(-c5cccc6[nH]ccc56)nc(N5CCOCC5)c4s3)C[C@H]1CC2. The Bertz CT molecular complexity index is 1770. The molecule has 8 rings (SSSR count). The molecule has 5 aromatic rings. The van der Waals surface area contributed by atoms with Crippen molar-refractivity contribution in [2.24, 2.45) is 5.92 Å². The first-order valence-electron chi connectivity index (χ1n) is 14.4. The highest BCUT2D eigenvalue weighted by Crippen LogP contribution is 2.42. The van der Waals surface area contributed by atoms with E-state index in [1.54, 1.807) is 11.3 Å². The van der Waals surface area contributed by atoms with Gasteiger partial charge in [-0.25, -0.2) is 9.97 Å². The Balaban J connectivity index is 1.10. The monoisotopic (exact) mass is 594 g/mol. The number of hydrogen-bond acceptors (Lipinski definition) is 8. The molecule has 1 aromatic carbocycles. The van der Waals surface area contributed by atoms with E-state index in [0.717, 1.165) is 65.1 Å². The van der Waals surface area contributed by atoms with Crippen molar-refractivity contribution in [1.29, 1.82) is 0 Å². The third-order valence-electron chi connectivity index (χ3n) is 8.80. The van der Waals surface area contributed by atoms with E-state index in [1.807, 2.05) is 18.3 Å². The number of ether oxygens (including phenoxy) is 1. The zero-order valence-electron chi connectivity index (χ0n) is 22.8. The van der Waals surface area contributed by atoms with Gasteiger partial charge in [0.15, 0.2) is 11.6 Å². The minimum absolute atomic E-state index is 0.134. The number of anilines is 1. The van der Waals surface area contributed by atoms with Gasteiger partial charge in [0.2, 0.25) is 5.82 Å². The first-order chi connectivity index (χ1) is 20.4. The molecular weight excluding hydrogens is 565 g/mol. The molecule has 2 saturated heterocycles. The van der Waals surface area contributed by atoms with Crippen LogP contribution in [0.15, 0.2) is 36.5 Å². The number of H-pyrrole nitrogens is 1. The van der Waals surface area contributed by atoms with Gasteiger partial charge in [-0.15, -0.1) is 21.5 Å². The second kappa shape index (κ2) is 10.0. The van der Waals surface area contributed by atoms with Crippen molar-refractivity contribution in [1.82, 2.24) is 34.6 Å². The summed E-state index contributed by atoms with van der Waals surface area (Å²) < 4.78 is 49.0. The third-order valence-corrected chi connectivity index (χ3v) is 9.90. The molecule has 0 radical (unpaired) electrons. The van der Waals surface area contributed by atoms with Crippen LogP contribution in [0.2, 0.25) is 0 Å². The average Bonchev–Trinajstić information content (AvgIpc) is 3.74. The van der Waals surface area contributed by atoms with Crippen molar-refractivity contribution in [2.75, 3.05) is 44.3 Å². The number of halogens is 3. The molecule has 0 aliphatic carbocycles. The Morgan fingerprint density at radius 3 is 2.79 bits per heavy atom. The lowest BCUT2D eigenvalue weighted by molar-refractivity contribution is -0.149. The van der Waals surface area contributed by atoms with E-state index in [1.165, 1.54) is 9.44 Å². The Kier molecular flexibility index (Phi) is 6.23. The topological polar surface area (TPSA) is 88.0 Å². The fourth-order valence-corrected chi connectivity index (χ4v) is 8.02. The summed E-state index contributed by atoms with van der Waals surface area (Å²) in [5, 5.41) is 8.46. The van der Waals surface area contributed by atoms with Crippen LogP contribution in [0.1, 0.15) is 35.4 Å². The van der Waals surface area contributed by atoms with E-state index in [4.69, 9.17) is 14.7 Å². The van der Waals surface area contributed by atoms with Crippen LogP contribution in [0.25, 0.3) is 32.5 Å². The first kappa shape index (κ1) is 26.1. The number of aromatic amines is 1. The van der Waals surface area contributed by atoms with E-state index in [-0.39, 0.29) is 12.0 Å². The van der Waals surface area contributed by atoms with Crippen LogP contribution in [0, 0.1) is 5.92 Å². The predicted octanol–water partition coefficient (Wildman–Crippen LogP) is 5.30. The van der Waals surface area contributed by atoms with Crippen molar-refractivity contribution >= 4 is 38.3 Å². The van der Waals surface area contributed by atoms with Gasteiger partial charge in [0.25, 0.3) is 0 Å². The van der Waals surface area contributed by atoms with Gasteiger partial charge >= 0.3 is 6.18 Å². The quantitative estimate of drug-likeness (QED) is 0.302. The maximum Gasteiger partial charge on any atom is 0.451 e. The van der Waals surface area contributed by atoms with Gasteiger partial charge in [0, 0.05) is 72.7 Å². The molecule has 4 aromatic heterocycles. The van der Waals surface area contributed by atoms with Gasteiger partial charge < -0.3 is 19.2 Å². The summed E-state index contributed by atoms with van der Waals surface area (Å²) in [6.07, 6.45) is -0.568. The lowest BCUT2D eigenvalue weighted by Gasteiger charge is -2.42. The molecule has 0 amide bonds. The molecule has 0 spiro atoms. The minimum atomic E-state index is -4.49. The molecule has 9 nitrogen and oxygen atoms in total. The zero-order valence-corrected chi connectivity index (χ0v) is 23.6. The number of aryl methyl sites for hydroxylation is 1. The number of alkyl halides is 3. The highest BCUT2D eigenvalue weighted by molar-refractivity contribution is 7.19. The van der Waals surface area contributed by atoms with E-state index >= 15 is 0 Å². The Morgan fingerprint density at radius 1 is 1.05 bits per heavy atom. The summed E-state index contributed by atoms with van der Waals surface area (Å²) in [5.41, 5.74) is 2.96. The van der Waals surface area contributed by atoms with E-state index in [9.17, 15) is 13.2 Å². The summed E-state index contributed by atoms with van der Waals surface area (Å²) in [7, 11) is 0. The number of nitrogens with zero attached hydrogens (tertiary/aromatic N) is 7. The molecule has 13 heteroatoms. The van der Waals surface area contributed by atoms with Crippen LogP contribution in [0.3, 0.4) is 0 Å². The molecule has 2 fully saturated rings. The molecule has 0 unspecified atom stereocenters. The van der Waals surface area contributed by atoms with Crippen LogP contribution >= 0.6 is 11.3 Å². The largest absolute Gasteiger partial charge is 0.451 e. The number of hydrogen-bond donors (Lipinski definition) is 1. The highest BCUT2D eigenvalue weighted by atomic mass is 32.1. The van der Waals surface area contributed by atoms with Crippen molar-refractivity contribution < 1.29 is 17.9 Å². The van der Waals surface area contributed by atoms with E-state index in [2.05, 4.69) is 43.2 Å². The Morgan fingerprint density at radius 2 is 1.93 bits per heavy atom. The van der Waals surface area contributed by atoms with Crippen molar-refractivity contribution in [3.63, 3.8) is 0 Å². The Labute approximate surface area is 243 Å². The first-order valence-corrected chi connectivity index (χ1v) is 15.2. The maximum atomic E-state index is 13.6. The number of benzene rings is 1. The van der Waals surface area contributed by atoms with Gasteiger partial charge in [-0.1, -0.05) is 12.1 Å². The van der Waals surface area contributed by atoms with Crippen molar-refractivity contribution in [3.8, 4) is 11.4 Å². The maximum absolute atomic E-state index is 13.6. The summed E-state index contributed by atoms with van der Waals surface area (Å²) in [4.78, 5) is 19.3. The number of piperidine rings is 1. The highest BCUT2D eigenvalue weighted by Gasteiger charge is 2.44. The fraction of sp³-hybridized carbons (Fsp3) is 0.448. The number of nitrogens with one attached hydrogen (secondary N) is 1. The van der Waals surface area contributed by atoms with Crippen LogP contribution in [0.4, 0.5) is 19.0 Å². The van der Waals surface area contributed by atoms with Crippen LogP contribution in [0.5, 0.6) is 0 Å². The number of morpholine rings is 1. The molecule has 218 valence electrons. The van der Waals surface area contributed by atoms with Crippen LogP contribution in [-0.2, 0) is 23.9 Å². The molecule has 1 N–H and O–H groups in total. The molecule has 3 aliphatic heterocycles. The van der Waals surface area contributed by atoms with Crippen LogP contribution < -0.4 is 4.90 Å². The Hall–Kier alpha value is -3.55. The number of fused-ring (bicyclic) bond motifs is 5. The number of likely N-dealkylation sites (tertiary alicyclic amines) is 1. The van der Waals surface area contributed by atoms with Crippen molar-refractivity contribution in [3.05, 3.63) is 53.1 Å². The molecule has 42 heavy (non-hydrogen) atoms. The van der Waals surface area contributed by atoms with Gasteiger partial charge in [-0.05, 0) is 37.0 Å². The van der Waals surface area contributed by atoms with E-state index in [0.29, 0.717) is 44.2 Å². The summed E-state index contributed by atoms with van der Waals surface area (Å²) in [5.74, 6) is 1.38. The smallest absolute Gasteiger partial charge is 0.378 e. The van der Waals surface area contributed by atoms with Crippen molar-refractivity contribution in [2.45, 2.75) is 38.0 Å². The molecule has 3 aliphatic rings. The van der Waals surface area contributed by atoms with Gasteiger partial charge in [0.1, 0.15) is 5.82 Å². The summed E-state index contributed by atoms with van der Waals surface area (Å²) in [6.45, 7) is 5.06. The average molecular weight is 595 g/mol. The van der Waals surface area contributed by atoms with Gasteiger partial charge in [-0.2, -0.15) is 13.2 Å². The third kappa shape index (κ3) is 4.45. The molecular formula is C29H29F3N8OS. The van der Waals surface area contributed by atoms with E-state index < -0.39 is 12.0 Å². The lowest BCUT2D eigenvalue weighted by Crippen LogP contribution is -2.44. The molecule has 7 heterocycles. The second-order valence-corrected chi connectivity index (χ2v) is 12.5. The summed E-state index contributed by atoms with van der Waals surface area (Å²) >= 11 is 1.72. The normalized spacial score (nSPS) is 21.6. The minimum Gasteiger partial charge on any atom is -0.378 e. The van der Waals surface area contributed by atoms with Gasteiger partial charge in [-0.3, -0.25) is 4.90 Å². The molecule has 2 atom stereocenters. The number of aromatic nitrogens is 6. The predicted molar refractivity (Wildman–Crippen MR) is 154 cm³/mol. The molecule has 0 bridgehead atoms. The lowest BCUT2D eigenvalue weighted by atomic mass is 9.85. The number of thiophene rings is 1. The number of rotatable bonds is 4. The zero-order chi connectivity index (χ0) is 28.4. The van der Waals surface area contributed by atoms with Gasteiger partial charge in [0.05, 0.1) is 23.4 Å². The summed E-state index contributed by atoms with van der Waals surface area (Å²) in [6, 6.07) is 10.1.